The monoisotopic (exact) mass is 439 g/mol. The SMILES string of the molecule is CCOc1cccc(NC(=O)/C(C#N)=C/c2ccc3c(ccn3Cc3cccc(F)c3)c2)c1. The lowest BCUT2D eigenvalue weighted by atomic mass is 10.1. The Morgan fingerprint density at radius 3 is 2.76 bits per heavy atom. The van der Waals surface area contributed by atoms with Crippen LogP contribution in [-0.4, -0.2) is 17.1 Å². The zero-order chi connectivity index (χ0) is 23.2. The molecule has 1 heterocycles. The van der Waals surface area contributed by atoms with Crippen LogP contribution in [0.25, 0.3) is 17.0 Å². The zero-order valence-corrected chi connectivity index (χ0v) is 18.1. The molecular formula is C27H22FN3O2. The molecule has 0 unspecified atom stereocenters. The summed E-state index contributed by atoms with van der Waals surface area (Å²) in [6.07, 6.45) is 3.50. The van der Waals surface area contributed by atoms with Gasteiger partial charge in [0.15, 0.2) is 0 Å². The minimum Gasteiger partial charge on any atom is -0.494 e. The van der Waals surface area contributed by atoms with Crippen LogP contribution >= 0.6 is 0 Å². The van der Waals surface area contributed by atoms with Crippen LogP contribution in [0.2, 0.25) is 0 Å². The molecule has 4 rings (SSSR count). The maximum Gasteiger partial charge on any atom is 0.266 e. The summed E-state index contributed by atoms with van der Waals surface area (Å²) in [7, 11) is 0. The first-order chi connectivity index (χ1) is 16.1. The highest BCUT2D eigenvalue weighted by atomic mass is 19.1. The lowest BCUT2D eigenvalue weighted by Crippen LogP contribution is -2.13. The van der Waals surface area contributed by atoms with Crippen molar-refractivity contribution in [3.05, 3.63) is 102 Å². The van der Waals surface area contributed by atoms with E-state index in [4.69, 9.17) is 4.74 Å². The molecule has 0 radical (unpaired) electrons. The number of aromatic nitrogens is 1. The standard InChI is InChI=1S/C27H22FN3O2/c1-2-33-25-8-4-7-24(16-25)30-27(32)22(17-29)14-19-9-10-26-21(13-19)11-12-31(26)18-20-5-3-6-23(28)15-20/h3-16H,2,18H2,1H3,(H,30,32)/b22-14+. The predicted molar refractivity (Wildman–Crippen MR) is 127 cm³/mol. The third-order valence-corrected chi connectivity index (χ3v) is 5.12. The number of nitrogens with zero attached hydrogens (tertiary/aromatic N) is 2. The number of amides is 1. The number of benzene rings is 3. The predicted octanol–water partition coefficient (Wildman–Crippen LogP) is 5.77. The van der Waals surface area contributed by atoms with Crippen molar-refractivity contribution < 1.29 is 13.9 Å². The third kappa shape index (κ3) is 5.28. The Morgan fingerprint density at radius 2 is 1.97 bits per heavy atom. The molecule has 0 spiro atoms. The summed E-state index contributed by atoms with van der Waals surface area (Å²) < 4.78 is 21.0. The molecule has 0 aliphatic carbocycles. The van der Waals surface area contributed by atoms with Gasteiger partial charge in [0, 0.05) is 35.4 Å². The third-order valence-electron chi connectivity index (χ3n) is 5.12. The van der Waals surface area contributed by atoms with Gasteiger partial charge in [-0.1, -0.05) is 24.3 Å². The minimum atomic E-state index is -0.491. The highest BCUT2D eigenvalue weighted by molar-refractivity contribution is 6.09. The lowest BCUT2D eigenvalue weighted by Gasteiger charge is -2.08. The average molecular weight is 439 g/mol. The van der Waals surface area contributed by atoms with Crippen LogP contribution in [-0.2, 0) is 11.3 Å². The molecule has 0 bridgehead atoms. The van der Waals surface area contributed by atoms with Crippen LogP contribution in [0.15, 0.2) is 84.6 Å². The van der Waals surface area contributed by atoms with Gasteiger partial charge in [0.1, 0.15) is 23.2 Å². The Labute approximate surface area is 191 Å². The van der Waals surface area contributed by atoms with Crippen molar-refractivity contribution in [2.75, 3.05) is 11.9 Å². The highest BCUT2D eigenvalue weighted by Crippen LogP contribution is 2.22. The number of carbonyl (C=O) groups excluding carboxylic acids is 1. The Hall–Kier alpha value is -4.37. The molecular weight excluding hydrogens is 417 g/mol. The number of rotatable bonds is 7. The molecule has 0 fully saturated rings. The van der Waals surface area contributed by atoms with E-state index in [0.717, 1.165) is 22.0 Å². The molecule has 164 valence electrons. The number of hydrogen-bond donors (Lipinski definition) is 1. The van der Waals surface area contributed by atoms with Gasteiger partial charge in [-0.25, -0.2) is 4.39 Å². The Bertz CT molecular complexity index is 1380. The summed E-state index contributed by atoms with van der Waals surface area (Å²) in [4.78, 5) is 12.6. The quantitative estimate of drug-likeness (QED) is 0.293. The number of ether oxygens (including phenoxy) is 1. The molecule has 0 aliphatic heterocycles. The van der Waals surface area contributed by atoms with Crippen LogP contribution in [0, 0.1) is 17.1 Å². The van der Waals surface area contributed by atoms with Crippen LogP contribution in [0.1, 0.15) is 18.1 Å². The normalized spacial score (nSPS) is 11.2. The van der Waals surface area contributed by atoms with E-state index in [-0.39, 0.29) is 11.4 Å². The van der Waals surface area contributed by atoms with Crippen molar-refractivity contribution in [1.82, 2.24) is 4.57 Å². The van der Waals surface area contributed by atoms with E-state index in [1.54, 1.807) is 36.4 Å². The fourth-order valence-electron chi connectivity index (χ4n) is 3.62. The van der Waals surface area contributed by atoms with Gasteiger partial charge in [-0.15, -0.1) is 0 Å². The summed E-state index contributed by atoms with van der Waals surface area (Å²) in [5.41, 5.74) is 3.13. The maximum atomic E-state index is 13.5. The van der Waals surface area contributed by atoms with Gasteiger partial charge in [0.05, 0.1) is 6.61 Å². The second-order valence-electron chi connectivity index (χ2n) is 7.48. The van der Waals surface area contributed by atoms with Crippen LogP contribution in [0.5, 0.6) is 5.75 Å². The van der Waals surface area contributed by atoms with Crippen molar-refractivity contribution >= 4 is 28.6 Å². The van der Waals surface area contributed by atoms with Crippen molar-refractivity contribution in [3.8, 4) is 11.8 Å². The lowest BCUT2D eigenvalue weighted by molar-refractivity contribution is -0.112. The molecule has 3 aromatic carbocycles. The van der Waals surface area contributed by atoms with E-state index in [1.165, 1.54) is 12.1 Å². The Kier molecular flexibility index (Phi) is 6.51. The van der Waals surface area contributed by atoms with Gasteiger partial charge in [-0.05, 0) is 66.6 Å². The molecule has 33 heavy (non-hydrogen) atoms. The smallest absolute Gasteiger partial charge is 0.266 e. The second kappa shape index (κ2) is 9.84. The number of hydrogen-bond acceptors (Lipinski definition) is 3. The van der Waals surface area contributed by atoms with Gasteiger partial charge in [0.25, 0.3) is 5.91 Å². The fourth-order valence-corrected chi connectivity index (χ4v) is 3.62. The van der Waals surface area contributed by atoms with E-state index >= 15 is 0 Å². The molecule has 4 aromatic rings. The molecule has 1 aromatic heterocycles. The first-order valence-electron chi connectivity index (χ1n) is 10.5. The second-order valence-corrected chi connectivity index (χ2v) is 7.48. The van der Waals surface area contributed by atoms with Crippen molar-refractivity contribution in [2.24, 2.45) is 0 Å². The fraction of sp³-hybridized carbons (Fsp3) is 0.111. The average Bonchev–Trinajstić information content (AvgIpc) is 3.19. The van der Waals surface area contributed by atoms with Crippen LogP contribution in [0.3, 0.4) is 0 Å². The molecule has 5 nitrogen and oxygen atoms in total. The molecule has 1 N–H and O–H groups in total. The zero-order valence-electron chi connectivity index (χ0n) is 18.1. The van der Waals surface area contributed by atoms with Gasteiger partial charge >= 0.3 is 0 Å². The molecule has 0 aliphatic rings. The van der Waals surface area contributed by atoms with E-state index in [1.807, 2.05) is 54.1 Å². The van der Waals surface area contributed by atoms with Crippen LogP contribution in [0.4, 0.5) is 10.1 Å². The van der Waals surface area contributed by atoms with Crippen molar-refractivity contribution in [3.63, 3.8) is 0 Å². The number of anilines is 1. The number of carbonyl (C=O) groups is 1. The molecule has 0 saturated heterocycles. The first kappa shape index (κ1) is 21.8. The van der Waals surface area contributed by atoms with Crippen molar-refractivity contribution in [1.29, 1.82) is 5.26 Å². The number of fused-ring (bicyclic) bond motifs is 1. The summed E-state index contributed by atoms with van der Waals surface area (Å²) in [6, 6.07) is 23.2. The molecule has 6 heteroatoms. The van der Waals surface area contributed by atoms with E-state index < -0.39 is 5.91 Å². The first-order valence-corrected chi connectivity index (χ1v) is 10.5. The maximum absolute atomic E-state index is 13.5. The minimum absolute atomic E-state index is 0.00430. The largest absolute Gasteiger partial charge is 0.494 e. The summed E-state index contributed by atoms with van der Waals surface area (Å²) in [6.45, 7) is 2.95. The summed E-state index contributed by atoms with van der Waals surface area (Å²) in [5, 5.41) is 13.2. The summed E-state index contributed by atoms with van der Waals surface area (Å²) in [5.74, 6) is -0.107. The number of nitrogens with one attached hydrogen (secondary N) is 1. The van der Waals surface area contributed by atoms with E-state index in [9.17, 15) is 14.4 Å². The Morgan fingerprint density at radius 1 is 1.12 bits per heavy atom. The topological polar surface area (TPSA) is 67.0 Å². The number of halogens is 1. The molecule has 0 atom stereocenters. The van der Waals surface area contributed by atoms with Crippen LogP contribution < -0.4 is 10.1 Å². The molecule has 1 amide bonds. The van der Waals surface area contributed by atoms with Gasteiger partial charge in [0.2, 0.25) is 0 Å². The van der Waals surface area contributed by atoms with Crippen molar-refractivity contribution in [2.45, 2.75) is 13.5 Å². The molecule has 0 saturated carbocycles. The summed E-state index contributed by atoms with van der Waals surface area (Å²) >= 11 is 0. The van der Waals surface area contributed by atoms with Gasteiger partial charge < -0.3 is 14.6 Å². The Balaban J connectivity index is 1.53. The number of nitriles is 1. The van der Waals surface area contributed by atoms with Gasteiger partial charge in [-0.3, -0.25) is 4.79 Å². The van der Waals surface area contributed by atoms with Gasteiger partial charge in [-0.2, -0.15) is 5.26 Å². The highest BCUT2D eigenvalue weighted by Gasteiger charge is 2.11. The van der Waals surface area contributed by atoms with E-state index in [2.05, 4.69) is 5.32 Å². The van der Waals surface area contributed by atoms with E-state index in [0.29, 0.717) is 24.6 Å².